The molecule has 0 aliphatic carbocycles. The number of hydrogen-bond donors (Lipinski definition) is 2. The second-order valence-electron chi connectivity index (χ2n) is 4.90. The predicted molar refractivity (Wildman–Crippen MR) is 77.4 cm³/mol. The molecule has 102 valence electrons. The SMILES string of the molecule is COc1cc(C(C)C)ccc1-c1cnc(CCN)[nH]1. The summed E-state index contributed by atoms with van der Waals surface area (Å²) < 4.78 is 5.49. The summed E-state index contributed by atoms with van der Waals surface area (Å²) >= 11 is 0. The molecule has 1 heterocycles. The number of methoxy groups -OCH3 is 1. The molecule has 3 N–H and O–H groups in total. The minimum absolute atomic E-state index is 0.484. The van der Waals surface area contributed by atoms with Gasteiger partial charge in [0.2, 0.25) is 0 Å². The number of H-pyrrole nitrogens is 1. The van der Waals surface area contributed by atoms with Gasteiger partial charge in [-0.2, -0.15) is 0 Å². The smallest absolute Gasteiger partial charge is 0.128 e. The van der Waals surface area contributed by atoms with Crippen LogP contribution in [0.25, 0.3) is 11.3 Å². The Bertz CT molecular complexity index is 546. The minimum atomic E-state index is 0.484. The first-order valence-corrected chi connectivity index (χ1v) is 6.58. The summed E-state index contributed by atoms with van der Waals surface area (Å²) in [5, 5.41) is 0. The lowest BCUT2D eigenvalue weighted by atomic mass is 10.00. The largest absolute Gasteiger partial charge is 0.496 e. The number of nitrogens with one attached hydrogen (secondary N) is 1. The Balaban J connectivity index is 2.37. The van der Waals surface area contributed by atoms with Crippen LogP contribution in [-0.2, 0) is 6.42 Å². The molecular weight excluding hydrogens is 238 g/mol. The van der Waals surface area contributed by atoms with Crippen molar-refractivity contribution in [1.82, 2.24) is 9.97 Å². The summed E-state index contributed by atoms with van der Waals surface area (Å²) in [5.74, 6) is 2.26. The van der Waals surface area contributed by atoms with Gasteiger partial charge < -0.3 is 15.5 Å². The Morgan fingerprint density at radius 2 is 2.16 bits per heavy atom. The zero-order valence-electron chi connectivity index (χ0n) is 11.7. The van der Waals surface area contributed by atoms with Gasteiger partial charge in [-0.05, 0) is 30.2 Å². The lowest BCUT2D eigenvalue weighted by molar-refractivity contribution is 0.415. The molecular formula is C15H21N3O. The number of nitrogens with zero attached hydrogens (tertiary/aromatic N) is 1. The third-order valence-corrected chi connectivity index (χ3v) is 3.19. The van der Waals surface area contributed by atoms with E-state index in [0.717, 1.165) is 29.3 Å². The zero-order chi connectivity index (χ0) is 13.8. The summed E-state index contributed by atoms with van der Waals surface area (Å²) in [6.07, 6.45) is 2.59. The normalized spacial score (nSPS) is 11.0. The molecule has 0 radical (unpaired) electrons. The Hall–Kier alpha value is -1.81. The molecule has 0 atom stereocenters. The third-order valence-electron chi connectivity index (χ3n) is 3.19. The second-order valence-corrected chi connectivity index (χ2v) is 4.90. The van der Waals surface area contributed by atoms with Gasteiger partial charge in [-0.3, -0.25) is 0 Å². The van der Waals surface area contributed by atoms with Crippen LogP contribution in [0.15, 0.2) is 24.4 Å². The van der Waals surface area contributed by atoms with Crippen LogP contribution in [0.2, 0.25) is 0 Å². The van der Waals surface area contributed by atoms with Crippen molar-refractivity contribution in [3.63, 3.8) is 0 Å². The van der Waals surface area contributed by atoms with Crippen LogP contribution in [0.3, 0.4) is 0 Å². The quantitative estimate of drug-likeness (QED) is 0.867. The Morgan fingerprint density at radius 3 is 2.79 bits per heavy atom. The average Bonchev–Trinajstić information content (AvgIpc) is 2.86. The number of nitrogens with two attached hydrogens (primary N) is 1. The highest BCUT2D eigenvalue weighted by Gasteiger charge is 2.11. The first-order chi connectivity index (χ1) is 9.15. The molecule has 0 amide bonds. The molecule has 0 aliphatic rings. The number of imidazole rings is 1. The number of aromatic nitrogens is 2. The molecule has 1 aromatic carbocycles. The molecule has 0 saturated carbocycles. The van der Waals surface area contributed by atoms with Gasteiger partial charge in [0, 0.05) is 12.0 Å². The van der Waals surface area contributed by atoms with Crippen molar-refractivity contribution in [2.45, 2.75) is 26.2 Å². The van der Waals surface area contributed by atoms with Crippen molar-refractivity contribution in [1.29, 1.82) is 0 Å². The van der Waals surface area contributed by atoms with Crippen molar-refractivity contribution < 1.29 is 4.74 Å². The topological polar surface area (TPSA) is 63.9 Å². The second kappa shape index (κ2) is 5.89. The van der Waals surface area contributed by atoms with E-state index >= 15 is 0 Å². The van der Waals surface area contributed by atoms with Crippen molar-refractivity contribution >= 4 is 0 Å². The molecule has 2 rings (SSSR count). The van der Waals surface area contributed by atoms with Gasteiger partial charge >= 0.3 is 0 Å². The summed E-state index contributed by atoms with van der Waals surface area (Å²) in [4.78, 5) is 7.61. The molecule has 0 fully saturated rings. The fourth-order valence-corrected chi connectivity index (χ4v) is 2.05. The van der Waals surface area contributed by atoms with Gasteiger partial charge in [-0.25, -0.2) is 4.98 Å². The van der Waals surface area contributed by atoms with Gasteiger partial charge in [-0.15, -0.1) is 0 Å². The number of benzene rings is 1. The highest BCUT2D eigenvalue weighted by molar-refractivity contribution is 5.67. The maximum atomic E-state index is 5.53. The van der Waals surface area contributed by atoms with Gasteiger partial charge in [0.25, 0.3) is 0 Å². The van der Waals surface area contributed by atoms with E-state index in [1.807, 2.05) is 6.20 Å². The summed E-state index contributed by atoms with van der Waals surface area (Å²) in [6, 6.07) is 6.29. The monoisotopic (exact) mass is 259 g/mol. The first-order valence-electron chi connectivity index (χ1n) is 6.58. The molecule has 0 bridgehead atoms. The summed E-state index contributed by atoms with van der Waals surface area (Å²) in [5.41, 5.74) is 8.80. The van der Waals surface area contributed by atoms with Gasteiger partial charge in [-0.1, -0.05) is 19.9 Å². The Kier molecular flexibility index (Phi) is 4.22. The Labute approximate surface area is 114 Å². The van der Waals surface area contributed by atoms with Crippen LogP contribution in [0.1, 0.15) is 31.2 Å². The van der Waals surface area contributed by atoms with Gasteiger partial charge in [0.15, 0.2) is 0 Å². The highest BCUT2D eigenvalue weighted by Crippen LogP contribution is 2.31. The number of rotatable bonds is 5. The molecule has 0 saturated heterocycles. The Morgan fingerprint density at radius 1 is 1.37 bits per heavy atom. The van der Waals surface area contributed by atoms with Crippen LogP contribution < -0.4 is 10.5 Å². The molecule has 19 heavy (non-hydrogen) atoms. The fourth-order valence-electron chi connectivity index (χ4n) is 2.05. The number of aromatic amines is 1. The standard InChI is InChI=1S/C15H21N3O/c1-10(2)11-4-5-12(14(8-11)19-3)13-9-17-15(18-13)6-7-16/h4-5,8-10H,6-7,16H2,1-3H3,(H,17,18). The lowest BCUT2D eigenvalue weighted by Crippen LogP contribution is -2.03. The molecule has 0 unspecified atom stereocenters. The molecule has 0 aliphatic heterocycles. The summed E-state index contributed by atoms with van der Waals surface area (Å²) in [7, 11) is 1.69. The van der Waals surface area contributed by atoms with E-state index < -0.39 is 0 Å². The lowest BCUT2D eigenvalue weighted by Gasteiger charge is -2.11. The molecule has 4 nitrogen and oxygen atoms in total. The third kappa shape index (κ3) is 2.96. The van der Waals surface area contributed by atoms with Crippen molar-refractivity contribution in [2.24, 2.45) is 5.73 Å². The van der Waals surface area contributed by atoms with Crippen LogP contribution in [0.5, 0.6) is 5.75 Å². The molecule has 1 aromatic heterocycles. The van der Waals surface area contributed by atoms with Crippen LogP contribution >= 0.6 is 0 Å². The van der Waals surface area contributed by atoms with Crippen molar-refractivity contribution in [3.8, 4) is 17.0 Å². The number of ether oxygens (including phenoxy) is 1. The van der Waals surface area contributed by atoms with E-state index in [4.69, 9.17) is 10.5 Å². The fraction of sp³-hybridized carbons (Fsp3) is 0.400. The molecule has 4 heteroatoms. The average molecular weight is 259 g/mol. The van der Waals surface area contributed by atoms with Crippen LogP contribution in [0.4, 0.5) is 0 Å². The minimum Gasteiger partial charge on any atom is -0.496 e. The summed E-state index contributed by atoms with van der Waals surface area (Å²) in [6.45, 7) is 4.93. The number of hydrogen-bond acceptors (Lipinski definition) is 3. The van der Waals surface area contributed by atoms with Crippen LogP contribution in [0, 0.1) is 0 Å². The molecule has 0 spiro atoms. The first kappa shape index (κ1) is 13.6. The predicted octanol–water partition coefficient (Wildman–Crippen LogP) is 2.71. The molecule has 2 aromatic rings. The van der Waals surface area contributed by atoms with Gasteiger partial charge in [0.05, 0.1) is 19.0 Å². The van der Waals surface area contributed by atoms with E-state index in [1.165, 1.54) is 5.56 Å². The van der Waals surface area contributed by atoms with E-state index in [1.54, 1.807) is 7.11 Å². The maximum absolute atomic E-state index is 5.53. The maximum Gasteiger partial charge on any atom is 0.128 e. The van der Waals surface area contributed by atoms with Crippen LogP contribution in [-0.4, -0.2) is 23.6 Å². The van der Waals surface area contributed by atoms with E-state index in [0.29, 0.717) is 12.5 Å². The highest BCUT2D eigenvalue weighted by atomic mass is 16.5. The van der Waals surface area contributed by atoms with Gasteiger partial charge in [0.1, 0.15) is 11.6 Å². The van der Waals surface area contributed by atoms with E-state index in [9.17, 15) is 0 Å². The van der Waals surface area contributed by atoms with Crippen molar-refractivity contribution in [2.75, 3.05) is 13.7 Å². The van der Waals surface area contributed by atoms with E-state index in [2.05, 4.69) is 42.0 Å². The van der Waals surface area contributed by atoms with E-state index in [-0.39, 0.29) is 0 Å². The zero-order valence-corrected chi connectivity index (χ0v) is 11.7. The van der Waals surface area contributed by atoms with Crippen molar-refractivity contribution in [3.05, 3.63) is 35.8 Å².